The van der Waals surface area contributed by atoms with Crippen LogP contribution in [0.5, 0.6) is 0 Å². The van der Waals surface area contributed by atoms with Crippen molar-refractivity contribution in [2.24, 2.45) is 5.73 Å². The molecule has 0 saturated heterocycles. The van der Waals surface area contributed by atoms with Crippen LogP contribution in [0.1, 0.15) is 17.0 Å². The van der Waals surface area contributed by atoms with E-state index in [2.05, 4.69) is 5.10 Å². The molecule has 2 aromatic rings. The molecule has 8 nitrogen and oxygen atoms in total. The van der Waals surface area contributed by atoms with Crippen LogP contribution in [0.25, 0.3) is 0 Å². The van der Waals surface area contributed by atoms with E-state index in [0.717, 1.165) is 4.68 Å². The number of hydrogen-bond acceptors (Lipinski definition) is 5. The average molecular weight is 358 g/mol. The van der Waals surface area contributed by atoms with E-state index < -0.39 is 46.6 Å². The van der Waals surface area contributed by atoms with Crippen LogP contribution < -0.4 is 5.73 Å². The van der Waals surface area contributed by atoms with Crippen LogP contribution in [0.15, 0.2) is 30.3 Å². The van der Waals surface area contributed by atoms with Crippen molar-refractivity contribution < 1.29 is 28.0 Å². The first-order chi connectivity index (χ1) is 11.6. The number of aliphatic carboxylic acids is 1. The summed E-state index contributed by atoms with van der Waals surface area (Å²) >= 11 is 0. The smallest absolute Gasteiger partial charge is 0.442 e. The van der Waals surface area contributed by atoms with Crippen molar-refractivity contribution in [3.05, 3.63) is 57.4 Å². The van der Waals surface area contributed by atoms with Crippen molar-refractivity contribution in [2.75, 3.05) is 0 Å². The molecular formula is C14H13F3N4O4. The lowest BCUT2D eigenvalue weighted by Crippen LogP contribution is -2.33. The summed E-state index contributed by atoms with van der Waals surface area (Å²) in [6, 6.07) is 6.56. The van der Waals surface area contributed by atoms with Crippen LogP contribution in [0.3, 0.4) is 0 Å². The summed E-state index contributed by atoms with van der Waals surface area (Å²) in [6.07, 6.45) is -5.73. The molecule has 11 heteroatoms. The molecule has 0 bridgehead atoms. The van der Waals surface area contributed by atoms with Gasteiger partial charge in [0.2, 0.25) is 5.69 Å². The molecule has 0 unspecified atom stereocenters. The third-order valence-electron chi connectivity index (χ3n) is 3.39. The second kappa shape index (κ2) is 6.89. The topological polar surface area (TPSA) is 124 Å². The summed E-state index contributed by atoms with van der Waals surface area (Å²) in [6.45, 7) is -0.195. The van der Waals surface area contributed by atoms with Gasteiger partial charge < -0.3 is 10.8 Å². The van der Waals surface area contributed by atoms with Crippen molar-refractivity contribution >= 4 is 11.7 Å². The number of alkyl halides is 3. The number of aromatic nitrogens is 2. The van der Waals surface area contributed by atoms with Gasteiger partial charge in [0.25, 0.3) is 0 Å². The number of nitrogens with two attached hydrogens (primary N) is 1. The molecule has 0 fully saturated rings. The van der Waals surface area contributed by atoms with Gasteiger partial charge in [-0.15, -0.1) is 0 Å². The van der Waals surface area contributed by atoms with E-state index in [9.17, 15) is 28.1 Å². The largest absolute Gasteiger partial charge is 0.480 e. The molecule has 0 aliphatic heterocycles. The number of halogens is 3. The highest BCUT2D eigenvalue weighted by Gasteiger charge is 2.45. The molecule has 1 heterocycles. The zero-order valence-corrected chi connectivity index (χ0v) is 12.6. The molecule has 3 N–H and O–H groups in total. The molecule has 0 aliphatic rings. The van der Waals surface area contributed by atoms with Crippen molar-refractivity contribution in [3.8, 4) is 0 Å². The third kappa shape index (κ3) is 4.12. The fraction of sp³-hybridized carbons (Fsp3) is 0.286. The molecule has 0 spiro atoms. The predicted molar refractivity (Wildman–Crippen MR) is 78.7 cm³/mol. The molecule has 1 aromatic heterocycles. The van der Waals surface area contributed by atoms with Crippen molar-refractivity contribution in [3.63, 3.8) is 0 Å². The summed E-state index contributed by atoms with van der Waals surface area (Å²) in [5.41, 5.74) is 2.45. The fourth-order valence-electron chi connectivity index (χ4n) is 2.25. The van der Waals surface area contributed by atoms with Crippen LogP contribution in [0.4, 0.5) is 18.9 Å². The first-order valence-corrected chi connectivity index (χ1v) is 6.94. The highest BCUT2D eigenvalue weighted by Crippen LogP contribution is 2.37. The standard InChI is InChI=1S/C14H13F3N4O4/c15-14(16,17)12-11(21(24)25)10(6-9(18)13(22)23)20(19-12)7-8-4-2-1-3-5-8/h1-5,9H,6-7,18H2,(H,22,23)/t9-/m0/s1. The lowest BCUT2D eigenvalue weighted by molar-refractivity contribution is -0.388. The van der Waals surface area contributed by atoms with E-state index in [4.69, 9.17) is 10.8 Å². The quantitative estimate of drug-likeness (QED) is 0.599. The van der Waals surface area contributed by atoms with Crippen LogP contribution in [0, 0.1) is 10.1 Å². The van der Waals surface area contributed by atoms with E-state index in [1.807, 2.05) is 0 Å². The lowest BCUT2D eigenvalue weighted by Gasteiger charge is -2.09. The van der Waals surface area contributed by atoms with Crippen molar-refractivity contribution in [1.82, 2.24) is 9.78 Å². The van der Waals surface area contributed by atoms with Crippen LogP contribution in [0.2, 0.25) is 0 Å². The first-order valence-electron chi connectivity index (χ1n) is 6.94. The summed E-state index contributed by atoms with van der Waals surface area (Å²) in [7, 11) is 0. The molecule has 134 valence electrons. The average Bonchev–Trinajstić information content (AvgIpc) is 2.87. The summed E-state index contributed by atoms with van der Waals surface area (Å²) in [4.78, 5) is 20.9. The minimum absolute atomic E-state index is 0.195. The highest BCUT2D eigenvalue weighted by atomic mass is 19.4. The van der Waals surface area contributed by atoms with E-state index >= 15 is 0 Å². The number of hydrogen-bond donors (Lipinski definition) is 2. The van der Waals surface area contributed by atoms with Gasteiger partial charge in [0, 0.05) is 6.42 Å². The molecule has 25 heavy (non-hydrogen) atoms. The lowest BCUT2D eigenvalue weighted by atomic mass is 10.1. The Morgan fingerprint density at radius 2 is 1.96 bits per heavy atom. The third-order valence-corrected chi connectivity index (χ3v) is 3.39. The molecular weight excluding hydrogens is 345 g/mol. The van der Waals surface area contributed by atoms with Gasteiger partial charge in [-0.2, -0.15) is 18.3 Å². The number of rotatable bonds is 6. The number of carbonyl (C=O) groups is 1. The van der Waals surface area contributed by atoms with Crippen LogP contribution in [-0.4, -0.2) is 31.8 Å². The van der Waals surface area contributed by atoms with Crippen molar-refractivity contribution in [1.29, 1.82) is 0 Å². The maximum atomic E-state index is 13.1. The number of nitrogens with zero attached hydrogens (tertiary/aromatic N) is 3. The SMILES string of the molecule is N[C@@H](Cc1c([N+](=O)[O-])c(C(F)(F)F)nn1Cc1ccccc1)C(=O)O. The zero-order valence-electron chi connectivity index (χ0n) is 12.6. The maximum Gasteiger partial charge on any atom is 0.442 e. The number of nitro groups is 1. The predicted octanol–water partition coefficient (Wildman–Crippen LogP) is 1.81. The van der Waals surface area contributed by atoms with Crippen LogP contribution in [-0.2, 0) is 23.9 Å². The van der Waals surface area contributed by atoms with Crippen LogP contribution >= 0.6 is 0 Å². The Balaban J connectivity index is 2.59. The summed E-state index contributed by atoms with van der Waals surface area (Å²) < 4.78 is 40.1. The molecule has 0 saturated carbocycles. The Labute approximate surface area is 138 Å². The Kier molecular flexibility index (Phi) is 5.07. The first kappa shape index (κ1) is 18.4. The van der Waals surface area contributed by atoms with Gasteiger partial charge in [-0.25, -0.2) is 0 Å². The molecule has 0 radical (unpaired) electrons. The van der Waals surface area contributed by atoms with E-state index in [1.165, 1.54) is 0 Å². The van der Waals surface area contributed by atoms with Gasteiger partial charge in [-0.3, -0.25) is 19.6 Å². The van der Waals surface area contributed by atoms with E-state index in [-0.39, 0.29) is 6.54 Å². The molecule has 0 amide bonds. The van der Waals surface area contributed by atoms with E-state index in [0.29, 0.717) is 5.56 Å². The van der Waals surface area contributed by atoms with Gasteiger partial charge in [0.05, 0.1) is 11.5 Å². The number of carboxylic acids is 1. The van der Waals surface area contributed by atoms with Crippen molar-refractivity contribution in [2.45, 2.75) is 25.2 Å². The zero-order chi connectivity index (χ0) is 18.8. The Bertz CT molecular complexity index is 789. The molecule has 1 aromatic carbocycles. The molecule has 2 rings (SSSR count). The van der Waals surface area contributed by atoms with E-state index in [1.54, 1.807) is 30.3 Å². The van der Waals surface area contributed by atoms with Gasteiger partial charge >= 0.3 is 17.8 Å². The second-order valence-corrected chi connectivity index (χ2v) is 5.19. The number of carboxylic acid groups (broad SMARTS) is 1. The van der Waals surface area contributed by atoms with Gasteiger partial charge in [-0.1, -0.05) is 30.3 Å². The summed E-state index contributed by atoms with van der Waals surface area (Å²) in [5.74, 6) is -1.49. The minimum atomic E-state index is -5.06. The molecule has 0 aliphatic carbocycles. The second-order valence-electron chi connectivity index (χ2n) is 5.19. The van der Waals surface area contributed by atoms with Gasteiger partial charge in [0.15, 0.2) is 0 Å². The van der Waals surface area contributed by atoms with Gasteiger partial charge in [-0.05, 0) is 5.56 Å². The molecule has 1 atom stereocenters. The number of benzene rings is 1. The minimum Gasteiger partial charge on any atom is -0.480 e. The fourth-order valence-corrected chi connectivity index (χ4v) is 2.25. The Hall–Kier alpha value is -2.95. The normalized spacial score (nSPS) is 12.8. The Morgan fingerprint density at radius 1 is 1.36 bits per heavy atom. The summed E-state index contributed by atoms with van der Waals surface area (Å²) in [5, 5.41) is 23.4. The Morgan fingerprint density at radius 3 is 2.44 bits per heavy atom. The highest BCUT2D eigenvalue weighted by molar-refractivity contribution is 5.73. The monoisotopic (exact) mass is 358 g/mol. The maximum absolute atomic E-state index is 13.1. The van der Waals surface area contributed by atoms with Gasteiger partial charge in [0.1, 0.15) is 11.7 Å².